The Bertz CT molecular complexity index is 613. The average Bonchev–Trinajstić information content (AvgIpc) is 2.61. The SMILES string of the molecule is CCOC(=O)N1CCC(NC(N)=NCc2ccc(OC)c(O)c2)CC1. The Balaban J connectivity index is 1.80. The molecule has 1 fully saturated rings. The van der Waals surface area contributed by atoms with Gasteiger partial charge in [-0.05, 0) is 37.5 Å². The molecule has 1 heterocycles. The van der Waals surface area contributed by atoms with Crippen LogP contribution in [0.4, 0.5) is 4.79 Å². The second-order valence-corrected chi connectivity index (χ2v) is 5.81. The van der Waals surface area contributed by atoms with Crippen molar-refractivity contribution in [3.8, 4) is 11.5 Å². The molecule has 0 bridgehead atoms. The van der Waals surface area contributed by atoms with Gasteiger partial charge in [-0.1, -0.05) is 6.07 Å². The van der Waals surface area contributed by atoms with Crippen molar-refractivity contribution in [2.45, 2.75) is 32.4 Å². The fraction of sp³-hybridized carbons (Fsp3) is 0.529. The molecule has 0 saturated carbocycles. The predicted molar refractivity (Wildman–Crippen MR) is 94.7 cm³/mol. The lowest BCUT2D eigenvalue weighted by atomic mass is 10.1. The van der Waals surface area contributed by atoms with Gasteiger partial charge in [0.2, 0.25) is 0 Å². The van der Waals surface area contributed by atoms with E-state index in [2.05, 4.69) is 10.3 Å². The molecule has 4 N–H and O–H groups in total. The van der Waals surface area contributed by atoms with Crippen LogP contribution in [0, 0.1) is 0 Å². The summed E-state index contributed by atoms with van der Waals surface area (Å²) in [4.78, 5) is 17.7. The molecule has 0 aliphatic carbocycles. The van der Waals surface area contributed by atoms with Crippen LogP contribution < -0.4 is 15.8 Å². The molecule has 1 amide bonds. The molecular weight excluding hydrogens is 324 g/mol. The van der Waals surface area contributed by atoms with Crippen molar-refractivity contribution in [3.05, 3.63) is 23.8 Å². The standard InChI is InChI=1S/C17H26N4O4/c1-3-25-17(23)21-8-6-13(7-9-21)20-16(18)19-11-12-4-5-15(24-2)14(22)10-12/h4-5,10,13,22H,3,6-9,11H2,1-2H3,(H3,18,19,20). The number of amides is 1. The summed E-state index contributed by atoms with van der Waals surface area (Å²) in [5.41, 5.74) is 6.77. The Morgan fingerprint density at radius 1 is 1.44 bits per heavy atom. The van der Waals surface area contributed by atoms with Gasteiger partial charge in [-0.15, -0.1) is 0 Å². The first-order valence-corrected chi connectivity index (χ1v) is 8.37. The molecule has 0 unspecified atom stereocenters. The fourth-order valence-corrected chi connectivity index (χ4v) is 2.69. The molecular formula is C17H26N4O4. The zero-order chi connectivity index (χ0) is 18.2. The minimum absolute atomic E-state index is 0.0769. The number of phenolic OH excluding ortho intramolecular Hbond substituents is 1. The molecule has 0 spiro atoms. The maximum absolute atomic E-state index is 11.7. The molecule has 0 atom stereocenters. The Kier molecular flexibility index (Phi) is 6.73. The van der Waals surface area contributed by atoms with Gasteiger partial charge >= 0.3 is 6.09 Å². The van der Waals surface area contributed by atoms with Gasteiger partial charge in [0.05, 0.1) is 20.3 Å². The molecule has 0 aromatic heterocycles. The zero-order valence-corrected chi connectivity index (χ0v) is 14.7. The summed E-state index contributed by atoms with van der Waals surface area (Å²) in [5.74, 6) is 0.852. The number of aromatic hydroxyl groups is 1. The molecule has 1 saturated heterocycles. The summed E-state index contributed by atoms with van der Waals surface area (Å²) in [6.45, 7) is 3.81. The van der Waals surface area contributed by atoms with E-state index in [9.17, 15) is 9.90 Å². The zero-order valence-electron chi connectivity index (χ0n) is 14.7. The molecule has 25 heavy (non-hydrogen) atoms. The summed E-state index contributed by atoms with van der Waals surface area (Å²) in [6, 6.07) is 5.30. The Labute approximate surface area is 147 Å². The number of piperidine rings is 1. The van der Waals surface area contributed by atoms with E-state index in [0.29, 0.717) is 38.0 Å². The largest absolute Gasteiger partial charge is 0.504 e. The second-order valence-electron chi connectivity index (χ2n) is 5.81. The van der Waals surface area contributed by atoms with Crippen LogP contribution in [0.1, 0.15) is 25.3 Å². The fourth-order valence-electron chi connectivity index (χ4n) is 2.69. The van der Waals surface area contributed by atoms with E-state index in [4.69, 9.17) is 15.2 Å². The van der Waals surface area contributed by atoms with Crippen LogP contribution in [0.15, 0.2) is 23.2 Å². The van der Waals surface area contributed by atoms with E-state index in [1.54, 1.807) is 24.0 Å². The number of hydrogen-bond donors (Lipinski definition) is 3. The first-order chi connectivity index (χ1) is 12.0. The number of guanidine groups is 1. The van der Waals surface area contributed by atoms with Crippen molar-refractivity contribution in [2.24, 2.45) is 10.7 Å². The van der Waals surface area contributed by atoms with E-state index >= 15 is 0 Å². The van der Waals surface area contributed by atoms with Crippen molar-refractivity contribution in [1.82, 2.24) is 10.2 Å². The van der Waals surface area contributed by atoms with Crippen molar-refractivity contribution >= 4 is 12.1 Å². The van der Waals surface area contributed by atoms with Gasteiger partial charge in [-0.25, -0.2) is 9.79 Å². The summed E-state index contributed by atoms with van der Waals surface area (Å²) < 4.78 is 10.0. The summed E-state index contributed by atoms with van der Waals surface area (Å²) in [6.07, 6.45) is 1.32. The average molecular weight is 350 g/mol. The smallest absolute Gasteiger partial charge is 0.409 e. The number of aliphatic imine (C=N–C) groups is 1. The van der Waals surface area contributed by atoms with Crippen LogP contribution in [0.5, 0.6) is 11.5 Å². The number of phenols is 1. The van der Waals surface area contributed by atoms with Gasteiger partial charge < -0.3 is 30.5 Å². The Hall–Kier alpha value is -2.64. The number of nitrogens with two attached hydrogens (primary N) is 1. The normalized spacial score (nSPS) is 15.8. The highest BCUT2D eigenvalue weighted by molar-refractivity contribution is 5.78. The van der Waals surface area contributed by atoms with Crippen molar-refractivity contribution < 1.29 is 19.4 Å². The van der Waals surface area contributed by atoms with Crippen molar-refractivity contribution in [2.75, 3.05) is 26.8 Å². The molecule has 1 aliphatic rings. The van der Waals surface area contributed by atoms with Gasteiger partial charge in [0, 0.05) is 19.1 Å². The second kappa shape index (κ2) is 9.00. The lowest BCUT2D eigenvalue weighted by Crippen LogP contribution is -2.48. The topological polar surface area (TPSA) is 109 Å². The third kappa shape index (κ3) is 5.44. The molecule has 1 aromatic rings. The Morgan fingerprint density at radius 3 is 2.76 bits per heavy atom. The van der Waals surface area contributed by atoms with Crippen LogP contribution in [0.3, 0.4) is 0 Å². The number of nitrogens with zero attached hydrogens (tertiary/aromatic N) is 2. The van der Waals surface area contributed by atoms with E-state index in [0.717, 1.165) is 18.4 Å². The van der Waals surface area contributed by atoms with Gasteiger partial charge in [0.25, 0.3) is 0 Å². The first-order valence-electron chi connectivity index (χ1n) is 8.37. The minimum Gasteiger partial charge on any atom is -0.504 e. The van der Waals surface area contributed by atoms with Crippen LogP contribution in [0.25, 0.3) is 0 Å². The van der Waals surface area contributed by atoms with Gasteiger partial charge in [0.15, 0.2) is 17.5 Å². The first kappa shape index (κ1) is 18.7. The molecule has 0 radical (unpaired) electrons. The molecule has 1 aromatic carbocycles. The number of carbonyl (C=O) groups excluding carboxylic acids is 1. The number of benzene rings is 1. The third-order valence-electron chi connectivity index (χ3n) is 4.05. The summed E-state index contributed by atoms with van der Waals surface area (Å²) in [7, 11) is 1.50. The molecule has 1 aliphatic heterocycles. The lowest BCUT2D eigenvalue weighted by Gasteiger charge is -2.31. The predicted octanol–water partition coefficient (Wildman–Crippen LogP) is 1.43. The van der Waals surface area contributed by atoms with Crippen LogP contribution in [-0.2, 0) is 11.3 Å². The van der Waals surface area contributed by atoms with Crippen LogP contribution in [0.2, 0.25) is 0 Å². The van der Waals surface area contributed by atoms with Crippen LogP contribution in [-0.4, -0.2) is 54.9 Å². The molecule has 2 rings (SSSR count). The van der Waals surface area contributed by atoms with Gasteiger partial charge in [-0.3, -0.25) is 0 Å². The van der Waals surface area contributed by atoms with E-state index in [1.165, 1.54) is 7.11 Å². The number of carbonyl (C=O) groups is 1. The number of ether oxygens (including phenoxy) is 2. The molecule has 8 heteroatoms. The van der Waals surface area contributed by atoms with Crippen molar-refractivity contribution in [1.29, 1.82) is 0 Å². The summed E-state index contributed by atoms with van der Waals surface area (Å²) in [5, 5.41) is 12.9. The molecule has 8 nitrogen and oxygen atoms in total. The highest BCUT2D eigenvalue weighted by atomic mass is 16.6. The third-order valence-corrected chi connectivity index (χ3v) is 4.05. The maximum Gasteiger partial charge on any atom is 0.409 e. The quantitative estimate of drug-likeness (QED) is 0.547. The number of methoxy groups -OCH3 is 1. The summed E-state index contributed by atoms with van der Waals surface area (Å²) >= 11 is 0. The number of likely N-dealkylation sites (tertiary alicyclic amines) is 1. The van der Waals surface area contributed by atoms with E-state index in [1.807, 2.05) is 6.07 Å². The number of nitrogens with one attached hydrogen (secondary N) is 1. The van der Waals surface area contributed by atoms with Gasteiger partial charge in [-0.2, -0.15) is 0 Å². The lowest BCUT2D eigenvalue weighted by molar-refractivity contribution is 0.0963. The van der Waals surface area contributed by atoms with Gasteiger partial charge in [0.1, 0.15) is 0 Å². The van der Waals surface area contributed by atoms with Crippen LogP contribution >= 0.6 is 0 Å². The number of hydrogen-bond acceptors (Lipinski definition) is 5. The van der Waals surface area contributed by atoms with E-state index in [-0.39, 0.29) is 17.9 Å². The van der Waals surface area contributed by atoms with E-state index < -0.39 is 0 Å². The highest BCUT2D eigenvalue weighted by Crippen LogP contribution is 2.26. The highest BCUT2D eigenvalue weighted by Gasteiger charge is 2.23. The number of rotatable bonds is 5. The van der Waals surface area contributed by atoms with Crippen molar-refractivity contribution in [3.63, 3.8) is 0 Å². The molecule has 138 valence electrons. The Morgan fingerprint density at radius 2 is 2.16 bits per heavy atom. The monoisotopic (exact) mass is 350 g/mol. The maximum atomic E-state index is 11.7. The minimum atomic E-state index is -0.262.